The molecule has 1 aliphatic heterocycles. The number of nitrogens with zero attached hydrogens (tertiary/aromatic N) is 5. The molecule has 34 heavy (non-hydrogen) atoms. The maximum atomic E-state index is 12.5. The molecule has 0 radical (unpaired) electrons. The lowest BCUT2D eigenvalue weighted by molar-refractivity contribution is -0.000272. The molecule has 1 fully saturated rings. The van der Waals surface area contributed by atoms with Crippen LogP contribution < -0.4 is 11.1 Å². The number of carbonyl (C=O) groups is 1. The number of rotatable bonds is 8. The number of carbonyl (C=O) groups excluding carboxylic acids is 1. The maximum Gasteiger partial charge on any atom is 0.410 e. The number of likely N-dealkylation sites (tertiary alicyclic amines) is 1. The summed E-state index contributed by atoms with van der Waals surface area (Å²) < 4.78 is 12.3. The van der Waals surface area contributed by atoms with E-state index in [4.69, 9.17) is 20.6 Å². The van der Waals surface area contributed by atoms with Gasteiger partial charge >= 0.3 is 6.09 Å². The SMILES string of the molecule is CCCOCCNc1cc(C2(C#N)CN(C(=O)OC(C)(C)C)C2)c2cnn(C(=N)/C=C\N)c2n1. The van der Waals surface area contributed by atoms with Gasteiger partial charge in [0, 0.05) is 31.6 Å². The molecule has 2 aromatic rings. The highest BCUT2D eigenvalue weighted by molar-refractivity contribution is 5.98. The van der Waals surface area contributed by atoms with Gasteiger partial charge in [0.15, 0.2) is 5.65 Å². The number of fused-ring (bicyclic) bond motifs is 1. The maximum absolute atomic E-state index is 12.5. The quantitative estimate of drug-likeness (QED) is 0.303. The molecule has 11 nitrogen and oxygen atoms in total. The average molecular weight is 469 g/mol. The summed E-state index contributed by atoms with van der Waals surface area (Å²) in [6.45, 7) is 9.51. The van der Waals surface area contributed by atoms with Gasteiger partial charge in [-0.05, 0) is 51.1 Å². The highest BCUT2D eigenvalue weighted by atomic mass is 16.6. The van der Waals surface area contributed by atoms with Crippen molar-refractivity contribution in [2.24, 2.45) is 5.73 Å². The van der Waals surface area contributed by atoms with Gasteiger partial charge in [0.1, 0.15) is 22.7 Å². The minimum Gasteiger partial charge on any atom is -0.444 e. The molecule has 2 aromatic heterocycles. The number of allylic oxidation sites excluding steroid dienone is 1. The summed E-state index contributed by atoms with van der Waals surface area (Å²) in [7, 11) is 0. The Labute approximate surface area is 199 Å². The van der Waals surface area contributed by atoms with Crippen LogP contribution in [0.1, 0.15) is 39.7 Å². The van der Waals surface area contributed by atoms with Crippen LogP contribution >= 0.6 is 0 Å². The Hall–Kier alpha value is -3.65. The number of aromatic nitrogens is 3. The van der Waals surface area contributed by atoms with E-state index in [1.165, 1.54) is 21.9 Å². The zero-order valence-electron chi connectivity index (χ0n) is 20.1. The second kappa shape index (κ2) is 10.1. The predicted molar refractivity (Wildman–Crippen MR) is 129 cm³/mol. The van der Waals surface area contributed by atoms with Crippen molar-refractivity contribution >= 4 is 28.8 Å². The zero-order chi connectivity index (χ0) is 24.9. The minimum atomic E-state index is -0.951. The Morgan fingerprint density at radius 2 is 2.15 bits per heavy atom. The standard InChI is InChI=1S/C23H32N8O3/c1-5-9-33-10-8-27-19-11-17(16-12-28-31(20(16)29-19)18(26)6-7-24)23(13-25)14-30(15-23)21(32)34-22(2,3)4/h6-7,11-12,26H,5,8-10,14-15,24H2,1-4H3,(H,27,29)/b7-6-,26-18?. The molecule has 4 N–H and O–H groups in total. The number of anilines is 1. The molecule has 1 aliphatic rings. The molecular weight excluding hydrogens is 436 g/mol. The molecule has 0 bridgehead atoms. The molecule has 0 saturated carbocycles. The van der Waals surface area contributed by atoms with Gasteiger partial charge in [-0.15, -0.1) is 0 Å². The van der Waals surface area contributed by atoms with E-state index in [1.54, 1.807) is 27.0 Å². The smallest absolute Gasteiger partial charge is 0.410 e. The summed E-state index contributed by atoms with van der Waals surface area (Å²) in [5, 5.41) is 26.6. The first-order valence-electron chi connectivity index (χ1n) is 11.2. The molecule has 1 saturated heterocycles. The van der Waals surface area contributed by atoms with E-state index in [1.807, 2.05) is 13.0 Å². The van der Waals surface area contributed by atoms with Gasteiger partial charge in [-0.1, -0.05) is 6.92 Å². The Morgan fingerprint density at radius 1 is 1.41 bits per heavy atom. The van der Waals surface area contributed by atoms with Gasteiger partial charge in [0.25, 0.3) is 0 Å². The number of ether oxygens (including phenoxy) is 2. The zero-order valence-corrected chi connectivity index (χ0v) is 20.1. The lowest BCUT2D eigenvalue weighted by atomic mass is 9.74. The summed E-state index contributed by atoms with van der Waals surface area (Å²) in [5.41, 5.74) is 4.98. The number of pyridine rings is 1. The summed E-state index contributed by atoms with van der Waals surface area (Å²) in [4.78, 5) is 18.6. The van der Waals surface area contributed by atoms with E-state index >= 15 is 0 Å². The molecule has 0 aliphatic carbocycles. The number of amides is 1. The highest BCUT2D eigenvalue weighted by Gasteiger charge is 2.49. The Morgan fingerprint density at radius 3 is 2.76 bits per heavy atom. The van der Waals surface area contributed by atoms with Crippen molar-refractivity contribution in [3.05, 3.63) is 30.1 Å². The molecule has 0 unspecified atom stereocenters. The van der Waals surface area contributed by atoms with E-state index in [-0.39, 0.29) is 18.9 Å². The molecule has 11 heteroatoms. The first-order chi connectivity index (χ1) is 16.1. The second-order valence-corrected chi connectivity index (χ2v) is 9.16. The van der Waals surface area contributed by atoms with Crippen LogP contribution in [0.3, 0.4) is 0 Å². The van der Waals surface area contributed by atoms with Gasteiger partial charge in [0.2, 0.25) is 0 Å². The third-order valence-corrected chi connectivity index (χ3v) is 5.23. The van der Waals surface area contributed by atoms with Crippen LogP contribution in [0.4, 0.5) is 10.6 Å². The Kier molecular flexibility index (Phi) is 7.41. The van der Waals surface area contributed by atoms with Crippen molar-refractivity contribution < 1.29 is 14.3 Å². The van der Waals surface area contributed by atoms with Crippen LogP contribution in [0.2, 0.25) is 0 Å². The monoisotopic (exact) mass is 468 g/mol. The van der Waals surface area contributed by atoms with Crippen molar-refractivity contribution in [3.63, 3.8) is 0 Å². The van der Waals surface area contributed by atoms with E-state index in [9.17, 15) is 10.1 Å². The molecular formula is C23H32N8O3. The van der Waals surface area contributed by atoms with Gasteiger partial charge in [0.05, 0.1) is 18.9 Å². The molecule has 3 heterocycles. The first kappa shape index (κ1) is 25.0. The third-order valence-electron chi connectivity index (χ3n) is 5.23. The number of hydrogen-bond acceptors (Lipinski definition) is 9. The summed E-state index contributed by atoms with van der Waals surface area (Å²) >= 11 is 0. The van der Waals surface area contributed by atoms with Gasteiger partial charge in [-0.2, -0.15) is 15.0 Å². The molecule has 3 rings (SSSR count). The van der Waals surface area contributed by atoms with E-state index in [0.29, 0.717) is 42.2 Å². The van der Waals surface area contributed by atoms with Crippen LogP contribution in [0, 0.1) is 16.7 Å². The van der Waals surface area contributed by atoms with Crippen LogP contribution in [0.5, 0.6) is 0 Å². The fourth-order valence-electron chi connectivity index (χ4n) is 3.68. The number of nitrogens with two attached hydrogens (primary N) is 1. The van der Waals surface area contributed by atoms with Crippen molar-refractivity contribution in [1.82, 2.24) is 19.7 Å². The van der Waals surface area contributed by atoms with Crippen molar-refractivity contribution in [2.75, 3.05) is 38.2 Å². The number of hydrogen-bond donors (Lipinski definition) is 3. The topological polar surface area (TPSA) is 155 Å². The van der Waals surface area contributed by atoms with Crippen molar-refractivity contribution in [1.29, 1.82) is 10.7 Å². The fourth-order valence-corrected chi connectivity index (χ4v) is 3.68. The van der Waals surface area contributed by atoms with E-state index < -0.39 is 17.1 Å². The minimum absolute atomic E-state index is 0.0365. The normalized spacial score (nSPS) is 15.2. The lowest BCUT2D eigenvalue weighted by Gasteiger charge is -2.46. The van der Waals surface area contributed by atoms with E-state index in [0.717, 1.165) is 6.42 Å². The third kappa shape index (κ3) is 5.28. The molecule has 1 amide bonds. The number of nitrogens with one attached hydrogen (secondary N) is 2. The number of nitriles is 1. The Balaban J connectivity index is 1.95. The molecule has 0 aromatic carbocycles. The van der Waals surface area contributed by atoms with Gasteiger partial charge in [-0.25, -0.2) is 9.78 Å². The van der Waals surface area contributed by atoms with Crippen molar-refractivity contribution in [3.8, 4) is 6.07 Å². The molecule has 182 valence electrons. The van der Waals surface area contributed by atoms with Crippen LogP contribution in [-0.2, 0) is 14.9 Å². The first-order valence-corrected chi connectivity index (χ1v) is 11.2. The van der Waals surface area contributed by atoms with Crippen LogP contribution in [0.15, 0.2) is 24.5 Å². The summed E-state index contributed by atoms with van der Waals surface area (Å²) in [6.07, 6.45) is 4.72. The van der Waals surface area contributed by atoms with E-state index in [2.05, 4.69) is 21.5 Å². The fraction of sp³-hybridized carbons (Fsp3) is 0.522. The van der Waals surface area contributed by atoms with Gasteiger partial charge in [-0.3, -0.25) is 5.41 Å². The summed E-state index contributed by atoms with van der Waals surface area (Å²) in [6, 6.07) is 4.20. The predicted octanol–water partition coefficient (Wildman–Crippen LogP) is 2.58. The largest absolute Gasteiger partial charge is 0.444 e. The lowest BCUT2D eigenvalue weighted by Crippen LogP contribution is -2.61. The molecule has 0 atom stereocenters. The molecule has 0 spiro atoms. The Bertz CT molecular complexity index is 1120. The van der Waals surface area contributed by atoms with Crippen LogP contribution in [-0.4, -0.2) is 70.0 Å². The second-order valence-electron chi connectivity index (χ2n) is 9.16. The van der Waals surface area contributed by atoms with Gasteiger partial charge < -0.3 is 25.4 Å². The van der Waals surface area contributed by atoms with Crippen molar-refractivity contribution in [2.45, 2.75) is 45.1 Å². The van der Waals surface area contributed by atoms with Crippen LogP contribution in [0.25, 0.3) is 11.0 Å². The highest BCUT2D eigenvalue weighted by Crippen LogP contribution is 2.39. The summed E-state index contributed by atoms with van der Waals surface area (Å²) in [5.74, 6) is 0.564. The average Bonchev–Trinajstić information content (AvgIpc) is 3.16.